The van der Waals surface area contributed by atoms with E-state index in [0.29, 0.717) is 0 Å². The second-order valence-electron chi connectivity index (χ2n) is 3.81. The maximum Gasteiger partial charge on any atom is 0.322 e. The maximum atomic E-state index is 11.7. The van der Waals surface area contributed by atoms with Gasteiger partial charge in [-0.2, -0.15) is 0 Å². The molecule has 6 nitrogen and oxygen atoms in total. The highest BCUT2D eigenvalue weighted by molar-refractivity contribution is 7.89. The molecule has 0 aromatic carbocycles. The molecule has 16 heavy (non-hydrogen) atoms. The van der Waals surface area contributed by atoms with E-state index in [1.165, 1.54) is 4.31 Å². The zero-order valence-electron chi connectivity index (χ0n) is 9.30. The Morgan fingerprint density at radius 3 is 2.69 bits per heavy atom. The van der Waals surface area contributed by atoms with E-state index in [1.54, 1.807) is 6.92 Å². The Morgan fingerprint density at radius 2 is 2.19 bits per heavy atom. The molecule has 1 atom stereocenters. The van der Waals surface area contributed by atoms with Gasteiger partial charge in [0.2, 0.25) is 10.0 Å². The van der Waals surface area contributed by atoms with Gasteiger partial charge in [-0.15, -0.1) is 0 Å². The van der Waals surface area contributed by atoms with Crippen molar-refractivity contribution in [1.29, 1.82) is 0 Å². The number of Topliss-reactive ketones (excluding diaryl/α,β-unsaturated/α-hetero) is 1. The van der Waals surface area contributed by atoms with Gasteiger partial charge in [-0.05, 0) is 0 Å². The summed E-state index contributed by atoms with van der Waals surface area (Å²) in [6, 6.07) is 0. The topological polar surface area (TPSA) is 80.8 Å². The van der Waals surface area contributed by atoms with Gasteiger partial charge in [-0.3, -0.25) is 9.59 Å². The Labute approximate surface area is 94.6 Å². The molecule has 0 aromatic heterocycles. The average Bonchev–Trinajstić information content (AvgIpc) is 2.21. The summed E-state index contributed by atoms with van der Waals surface area (Å²) in [5, 5.41) is 0. The lowest BCUT2D eigenvalue weighted by Gasteiger charge is -2.28. The van der Waals surface area contributed by atoms with E-state index >= 15 is 0 Å². The zero-order valence-corrected chi connectivity index (χ0v) is 10.1. The number of methoxy groups -OCH3 is 1. The number of ketones is 1. The van der Waals surface area contributed by atoms with Crippen LogP contribution in [0.1, 0.15) is 13.3 Å². The molecule has 0 radical (unpaired) electrons. The molecule has 0 aromatic rings. The van der Waals surface area contributed by atoms with Crippen molar-refractivity contribution in [2.24, 2.45) is 5.92 Å². The number of hydrogen-bond acceptors (Lipinski definition) is 5. The van der Waals surface area contributed by atoms with Crippen molar-refractivity contribution in [3.63, 3.8) is 0 Å². The van der Waals surface area contributed by atoms with Gasteiger partial charge in [0.1, 0.15) is 5.78 Å². The van der Waals surface area contributed by atoms with Crippen LogP contribution in [0.3, 0.4) is 0 Å². The van der Waals surface area contributed by atoms with E-state index < -0.39 is 21.7 Å². The first kappa shape index (κ1) is 13.1. The maximum absolute atomic E-state index is 11.7. The van der Waals surface area contributed by atoms with Crippen LogP contribution in [0, 0.1) is 5.92 Å². The van der Waals surface area contributed by atoms with Gasteiger partial charge in [0.15, 0.2) is 5.75 Å². The molecule has 0 spiro atoms. The van der Waals surface area contributed by atoms with Crippen LogP contribution in [0.15, 0.2) is 0 Å². The van der Waals surface area contributed by atoms with E-state index in [1.807, 2.05) is 0 Å². The first-order valence-corrected chi connectivity index (χ1v) is 6.55. The molecule has 1 saturated heterocycles. The van der Waals surface area contributed by atoms with Crippen molar-refractivity contribution < 1.29 is 22.7 Å². The predicted octanol–water partition coefficient (Wildman–Crippen LogP) is -0.600. The van der Waals surface area contributed by atoms with Crippen LogP contribution < -0.4 is 0 Å². The first-order chi connectivity index (χ1) is 7.36. The Morgan fingerprint density at radius 1 is 1.56 bits per heavy atom. The SMILES string of the molecule is COC(=O)CS(=O)(=O)N1CCC(=O)C(C)C1. The molecule has 92 valence electrons. The summed E-state index contributed by atoms with van der Waals surface area (Å²) >= 11 is 0. The van der Waals surface area contributed by atoms with E-state index in [2.05, 4.69) is 4.74 Å². The molecular weight excluding hydrogens is 234 g/mol. The van der Waals surface area contributed by atoms with Gasteiger partial charge in [0.25, 0.3) is 0 Å². The zero-order chi connectivity index (χ0) is 12.3. The number of carbonyl (C=O) groups excluding carboxylic acids is 2. The normalized spacial score (nSPS) is 23.1. The molecule has 1 fully saturated rings. The molecule has 1 aliphatic rings. The van der Waals surface area contributed by atoms with Crippen LogP contribution in [0.5, 0.6) is 0 Å². The lowest BCUT2D eigenvalue weighted by molar-refractivity contribution is -0.137. The van der Waals surface area contributed by atoms with Crippen LogP contribution in [-0.4, -0.2) is 50.4 Å². The van der Waals surface area contributed by atoms with E-state index in [9.17, 15) is 18.0 Å². The number of hydrogen-bond donors (Lipinski definition) is 0. The van der Waals surface area contributed by atoms with Crippen molar-refractivity contribution in [3.8, 4) is 0 Å². The minimum Gasteiger partial charge on any atom is -0.468 e. The Balaban J connectivity index is 2.70. The molecular formula is C9H15NO5S. The van der Waals surface area contributed by atoms with Crippen molar-refractivity contribution >= 4 is 21.8 Å². The van der Waals surface area contributed by atoms with Crippen LogP contribution in [0.4, 0.5) is 0 Å². The van der Waals surface area contributed by atoms with Gasteiger partial charge in [0.05, 0.1) is 7.11 Å². The third-order valence-electron chi connectivity index (χ3n) is 2.56. The minimum atomic E-state index is -3.64. The third-order valence-corrected chi connectivity index (χ3v) is 4.27. The van der Waals surface area contributed by atoms with E-state index in [4.69, 9.17) is 0 Å². The van der Waals surface area contributed by atoms with Crippen molar-refractivity contribution in [2.45, 2.75) is 13.3 Å². The predicted molar refractivity (Wildman–Crippen MR) is 56.2 cm³/mol. The number of rotatable bonds is 3. The van der Waals surface area contributed by atoms with Gasteiger partial charge in [-0.25, -0.2) is 12.7 Å². The average molecular weight is 249 g/mol. The summed E-state index contributed by atoms with van der Waals surface area (Å²) in [7, 11) is -2.51. The van der Waals surface area contributed by atoms with Crippen LogP contribution in [-0.2, 0) is 24.3 Å². The highest BCUT2D eigenvalue weighted by Crippen LogP contribution is 2.16. The second-order valence-corrected chi connectivity index (χ2v) is 5.78. The monoisotopic (exact) mass is 249 g/mol. The van der Waals surface area contributed by atoms with Crippen molar-refractivity contribution in [2.75, 3.05) is 26.0 Å². The number of carbonyl (C=O) groups is 2. The number of esters is 1. The standard InChI is InChI=1S/C9H15NO5S/c1-7-5-10(4-3-8(7)11)16(13,14)6-9(12)15-2/h7H,3-6H2,1-2H3. The van der Waals surface area contributed by atoms with Crippen molar-refractivity contribution in [1.82, 2.24) is 4.31 Å². The van der Waals surface area contributed by atoms with Gasteiger partial charge >= 0.3 is 5.97 Å². The fraction of sp³-hybridized carbons (Fsp3) is 0.778. The highest BCUT2D eigenvalue weighted by atomic mass is 32.2. The summed E-state index contributed by atoms with van der Waals surface area (Å²) in [6.45, 7) is 1.99. The Bertz CT molecular complexity index is 389. The summed E-state index contributed by atoms with van der Waals surface area (Å²) in [5.74, 6) is -1.69. The molecule has 1 unspecified atom stereocenters. The third kappa shape index (κ3) is 3.02. The van der Waals surface area contributed by atoms with E-state index in [-0.39, 0.29) is 31.2 Å². The Hall–Kier alpha value is -0.950. The molecule has 0 aliphatic carbocycles. The lowest BCUT2D eigenvalue weighted by Crippen LogP contribution is -2.45. The smallest absolute Gasteiger partial charge is 0.322 e. The number of nitrogens with zero attached hydrogens (tertiary/aromatic N) is 1. The van der Waals surface area contributed by atoms with E-state index in [0.717, 1.165) is 7.11 Å². The number of ether oxygens (including phenoxy) is 1. The molecule has 1 heterocycles. The second kappa shape index (κ2) is 4.92. The molecule has 7 heteroatoms. The number of piperidine rings is 1. The first-order valence-electron chi connectivity index (χ1n) is 4.94. The fourth-order valence-electron chi connectivity index (χ4n) is 1.53. The molecule has 1 aliphatic heterocycles. The van der Waals surface area contributed by atoms with Gasteiger partial charge in [-0.1, -0.05) is 6.92 Å². The van der Waals surface area contributed by atoms with Gasteiger partial charge < -0.3 is 4.74 Å². The fourth-order valence-corrected chi connectivity index (χ4v) is 2.95. The summed E-state index contributed by atoms with van der Waals surface area (Å²) < 4.78 is 28.9. The summed E-state index contributed by atoms with van der Waals surface area (Å²) in [4.78, 5) is 22.2. The van der Waals surface area contributed by atoms with Crippen molar-refractivity contribution in [3.05, 3.63) is 0 Å². The molecule has 0 bridgehead atoms. The summed E-state index contributed by atoms with van der Waals surface area (Å²) in [6.07, 6.45) is 0.210. The lowest BCUT2D eigenvalue weighted by atomic mass is 10.0. The van der Waals surface area contributed by atoms with Crippen LogP contribution in [0.2, 0.25) is 0 Å². The highest BCUT2D eigenvalue weighted by Gasteiger charge is 2.32. The molecule has 0 saturated carbocycles. The van der Waals surface area contributed by atoms with Crippen LogP contribution in [0.25, 0.3) is 0 Å². The Kier molecular flexibility index (Phi) is 4.03. The summed E-state index contributed by atoms with van der Waals surface area (Å²) in [5.41, 5.74) is 0. The van der Waals surface area contributed by atoms with Gasteiger partial charge in [0, 0.05) is 25.4 Å². The quantitative estimate of drug-likeness (QED) is 0.624. The van der Waals surface area contributed by atoms with Crippen LogP contribution >= 0.6 is 0 Å². The molecule has 0 amide bonds. The largest absolute Gasteiger partial charge is 0.468 e. The molecule has 1 rings (SSSR count). The number of sulfonamides is 1. The minimum absolute atomic E-state index is 0.0597. The molecule has 0 N–H and O–H groups in total.